The minimum Gasteiger partial charge on any atom is -0.365 e. The molecule has 11 nitrogen and oxygen atoms in total. The van der Waals surface area contributed by atoms with Gasteiger partial charge >= 0.3 is 0 Å². The quantitative estimate of drug-likeness (QED) is 0.409. The van der Waals surface area contributed by atoms with Crippen molar-refractivity contribution in [1.29, 1.82) is 0 Å². The number of anilines is 3. The fraction of sp³-hybridized carbons (Fsp3) is 0.440. The van der Waals surface area contributed by atoms with E-state index in [1.165, 1.54) is 6.92 Å². The number of nitrogens with one attached hydrogen (secondary N) is 2. The molecule has 5 heterocycles. The van der Waals surface area contributed by atoms with Crippen LogP contribution in [0.5, 0.6) is 0 Å². The van der Waals surface area contributed by atoms with Crippen LogP contribution in [0.2, 0.25) is 0 Å². The number of carbonyl (C=O) groups excluding carboxylic acids is 1. The Morgan fingerprint density at radius 2 is 1.86 bits per heavy atom. The summed E-state index contributed by atoms with van der Waals surface area (Å²) in [4.78, 5) is 46.6. The third-order valence-corrected chi connectivity index (χ3v) is 7.34. The molecule has 0 bridgehead atoms. The predicted molar refractivity (Wildman–Crippen MR) is 137 cm³/mol. The van der Waals surface area contributed by atoms with Crippen molar-refractivity contribution in [2.45, 2.75) is 45.6 Å². The van der Waals surface area contributed by atoms with Gasteiger partial charge in [0.15, 0.2) is 11.4 Å². The van der Waals surface area contributed by atoms with Gasteiger partial charge in [0.25, 0.3) is 5.56 Å². The van der Waals surface area contributed by atoms with Crippen LogP contribution in [0.3, 0.4) is 0 Å². The standard InChI is InChI=1S/C25H29N9O2/c1-15-18-13-28-24(30-21(18)34(17-5-3-4-6-17)23(36)20(15)16(2)35)31-25-29-14-19(22-27-9-12-33(22)25)32-10-7-26-8-11-32/h9,12-14,17,26H,3-8,10-11H2,1-2H3,(H,28,29,30,31). The largest absolute Gasteiger partial charge is 0.365 e. The summed E-state index contributed by atoms with van der Waals surface area (Å²) in [6, 6.07) is 0.0262. The first kappa shape index (κ1) is 22.6. The number of fused-ring (bicyclic) bond motifs is 2. The number of aromatic nitrogens is 6. The Morgan fingerprint density at radius 1 is 1.08 bits per heavy atom. The van der Waals surface area contributed by atoms with Crippen molar-refractivity contribution in [2.24, 2.45) is 0 Å². The molecule has 2 N–H and O–H groups in total. The summed E-state index contributed by atoms with van der Waals surface area (Å²) >= 11 is 0. The molecule has 36 heavy (non-hydrogen) atoms. The zero-order valence-corrected chi connectivity index (χ0v) is 20.5. The first-order valence-electron chi connectivity index (χ1n) is 12.5. The minimum atomic E-state index is -0.264. The van der Waals surface area contributed by atoms with Gasteiger partial charge in [-0.15, -0.1) is 0 Å². The number of Topliss-reactive ketones (excluding diaryl/α,β-unsaturated/α-hetero) is 1. The SMILES string of the molecule is CC(=O)c1c(C)c2cnc(Nc3ncc(N4CCNCC4)c4nccn34)nc2n(C2CCCC2)c1=O. The highest BCUT2D eigenvalue weighted by Gasteiger charge is 2.26. The number of hydrogen-bond donors (Lipinski definition) is 2. The van der Waals surface area contributed by atoms with Crippen LogP contribution in [-0.2, 0) is 0 Å². The molecule has 11 heteroatoms. The Labute approximate surface area is 207 Å². The number of hydrogen-bond acceptors (Lipinski definition) is 9. The molecular weight excluding hydrogens is 458 g/mol. The number of rotatable bonds is 5. The maximum atomic E-state index is 13.5. The van der Waals surface area contributed by atoms with Crippen LogP contribution >= 0.6 is 0 Å². The van der Waals surface area contributed by atoms with Gasteiger partial charge in [0.2, 0.25) is 11.9 Å². The van der Waals surface area contributed by atoms with E-state index in [0.717, 1.165) is 63.2 Å². The summed E-state index contributed by atoms with van der Waals surface area (Å²) < 4.78 is 3.60. The highest BCUT2D eigenvalue weighted by Crippen LogP contribution is 2.32. The molecule has 4 aromatic heterocycles. The molecule has 0 amide bonds. The van der Waals surface area contributed by atoms with Gasteiger partial charge in [-0.05, 0) is 32.3 Å². The van der Waals surface area contributed by atoms with Gasteiger partial charge in [0.1, 0.15) is 5.65 Å². The van der Waals surface area contributed by atoms with E-state index >= 15 is 0 Å². The number of pyridine rings is 1. The Kier molecular flexibility index (Phi) is 5.63. The number of imidazole rings is 1. The molecule has 2 aliphatic rings. The molecule has 0 atom stereocenters. The van der Waals surface area contributed by atoms with Crippen LogP contribution in [0, 0.1) is 6.92 Å². The van der Waals surface area contributed by atoms with Crippen LogP contribution in [0.4, 0.5) is 17.6 Å². The molecule has 0 spiro atoms. The molecule has 4 aromatic rings. The second-order valence-electron chi connectivity index (χ2n) is 9.55. The van der Waals surface area contributed by atoms with Gasteiger partial charge in [0, 0.05) is 56.2 Å². The molecule has 1 aliphatic heterocycles. The van der Waals surface area contributed by atoms with Crippen molar-refractivity contribution >= 4 is 40.0 Å². The van der Waals surface area contributed by atoms with Crippen molar-refractivity contribution in [3.05, 3.63) is 46.3 Å². The Balaban J connectivity index is 1.44. The van der Waals surface area contributed by atoms with E-state index in [2.05, 4.69) is 30.5 Å². The van der Waals surface area contributed by atoms with Crippen molar-refractivity contribution in [1.82, 2.24) is 34.2 Å². The van der Waals surface area contributed by atoms with Crippen molar-refractivity contribution < 1.29 is 4.79 Å². The van der Waals surface area contributed by atoms with Gasteiger partial charge in [0.05, 0.1) is 17.4 Å². The first-order valence-corrected chi connectivity index (χ1v) is 12.5. The van der Waals surface area contributed by atoms with E-state index in [4.69, 9.17) is 4.98 Å². The number of piperazine rings is 1. The third kappa shape index (κ3) is 3.70. The van der Waals surface area contributed by atoms with E-state index in [9.17, 15) is 9.59 Å². The fourth-order valence-electron chi connectivity index (χ4n) is 5.54. The summed E-state index contributed by atoms with van der Waals surface area (Å²) in [5, 5.41) is 7.31. The fourth-order valence-corrected chi connectivity index (χ4v) is 5.54. The van der Waals surface area contributed by atoms with E-state index in [1.54, 1.807) is 23.9 Å². The molecular formula is C25H29N9O2. The van der Waals surface area contributed by atoms with E-state index in [1.807, 2.05) is 16.8 Å². The Bertz CT molecular complexity index is 1530. The van der Waals surface area contributed by atoms with Crippen molar-refractivity contribution in [2.75, 3.05) is 36.4 Å². The van der Waals surface area contributed by atoms with Crippen molar-refractivity contribution in [3.63, 3.8) is 0 Å². The van der Waals surface area contributed by atoms with E-state index in [0.29, 0.717) is 28.5 Å². The molecule has 0 radical (unpaired) electrons. The highest BCUT2D eigenvalue weighted by molar-refractivity contribution is 5.99. The molecule has 1 saturated heterocycles. The predicted octanol–water partition coefficient (Wildman–Crippen LogP) is 2.61. The molecule has 186 valence electrons. The summed E-state index contributed by atoms with van der Waals surface area (Å²) in [5.41, 5.74) is 2.92. The maximum absolute atomic E-state index is 13.5. The second kappa shape index (κ2) is 8.98. The lowest BCUT2D eigenvalue weighted by Crippen LogP contribution is -2.43. The summed E-state index contributed by atoms with van der Waals surface area (Å²) in [6.07, 6.45) is 11.0. The third-order valence-electron chi connectivity index (χ3n) is 7.34. The number of aryl methyl sites for hydroxylation is 1. The molecule has 0 aromatic carbocycles. The minimum absolute atomic E-state index is 0.0262. The topological polar surface area (TPSA) is 122 Å². The summed E-state index contributed by atoms with van der Waals surface area (Å²) in [7, 11) is 0. The number of nitrogens with zero attached hydrogens (tertiary/aromatic N) is 7. The molecule has 2 fully saturated rings. The normalized spacial score (nSPS) is 16.8. The number of ketones is 1. The average molecular weight is 488 g/mol. The monoisotopic (exact) mass is 487 g/mol. The lowest BCUT2D eigenvalue weighted by molar-refractivity contribution is 0.101. The highest BCUT2D eigenvalue weighted by atomic mass is 16.1. The molecule has 6 rings (SSSR count). The maximum Gasteiger partial charge on any atom is 0.263 e. The van der Waals surface area contributed by atoms with Crippen LogP contribution < -0.4 is 21.1 Å². The molecule has 0 unspecified atom stereocenters. The molecule has 1 saturated carbocycles. The Morgan fingerprint density at radius 3 is 2.61 bits per heavy atom. The molecule has 1 aliphatic carbocycles. The summed E-state index contributed by atoms with van der Waals surface area (Å²) in [5.74, 6) is 0.637. The lowest BCUT2D eigenvalue weighted by Gasteiger charge is -2.29. The zero-order valence-electron chi connectivity index (χ0n) is 20.5. The van der Waals surface area contributed by atoms with Crippen LogP contribution in [0.15, 0.2) is 29.6 Å². The summed E-state index contributed by atoms with van der Waals surface area (Å²) in [6.45, 7) is 6.87. The van der Waals surface area contributed by atoms with E-state index < -0.39 is 0 Å². The van der Waals surface area contributed by atoms with E-state index in [-0.39, 0.29) is 22.9 Å². The smallest absolute Gasteiger partial charge is 0.263 e. The van der Waals surface area contributed by atoms with Gasteiger partial charge < -0.3 is 10.2 Å². The second-order valence-corrected chi connectivity index (χ2v) is 9.55. The van der Waals surface area contributed by atoms with Crippen LogP contribution in [-0.4, -0.2) is 60.9 Å². The van der Waals surface area contributed by atoms with Crippen molar-refractivity contribution in [3.8, 4) is 0 Å². The van der Waals surface area contributed by atoms with Gasteiger partial charge in [-0.25, -0.2) is 15.0 Å². The zero-order chi connectivity index (χ0) is 24.8. The van der Waals surface area contributed by atoms with Gasteiger partial charge in [-0.1, -0.05) is 12.8 Å². The first-order chi connectivity index (χ1) is 17.5. The lowest BCUT2D eigenvalue weighted by atomic mass is 10.0. The Hall–Kier alpha value is -3.86. The van der Waals surface area contributed by atoms with Crippen LogP contribution in [0.25, 0.3) is 16.7 Å². The van der Waals surface area contributed by atoms with Gasteiger partial charge in [-0.3, -0.25) is 23.9 Å². The van der Waals surface area contributed by atoms with Gasteiger partial charge in [-0.2, -0.15) is 4.98 Å². The van der Waals surface area contributed by atoms with Crippen LogP contribution in [0.1, 0.15) is 54.6 Å². The average Bonchev–Trinajstić information content (AvgIpc) is 3.58. The number of carbonyl (C=O) groups is 1.